The van der Waals surface area contributed by atoms with Gasteiger partial charge in [-0.2, -0.15) is 0 Å². The Morgan fingerprint density at radius 1 is 0.204 bits per heavy atom. The van der Waals surface area contributed by atoms with Gasteiger partial charge in [-0.05, 0) is 0 Å². The van der Waals surface area contributed by atoms with Crippen LogP contribution in [0.4, 0.5) is 45.5 Å². The van der Waals surface area contributed by atoms with Gasteiger partial charge in [0.05, 0.1) is 0 Å². The second kappa shape index (κ2) is 15.3. The molecule has 0 fully saturated rings. The van der Waals surface area contributed by atoms with Crippen molar-refractivity contribution in [2.24, 2.45) is 0 Å². The number of hydrogen-bond acceptors (Lipinski definition) is 4. The molecule has 0 aliphatic heterocycles. The average molecular weight is 739 g/mol. The summed E-state index contributed by atoms with van der Waals surface area (Å²) < 4.78 is 9.58. The Kier molecular flexibility index (Phi) is 9.87. The molecule has 0 bridgehead atoms. The van der Waals surface area contributed by atoms with Crippen molar-refractivity contribution in [3.63, 3.8) is 0 Å². The zero-order chi connectivity index (χ0) is 36.7. The Morgan fingerprint density at radius 2 is 0.315 bits per heavy atom. The third-order valence-electron chi connectivity index (χ3n) is 9.38. The molecule has 0 aliphatic carbocycles. The number of nitrogens with zero attached hydrogens (tertiary/aromatic N) is 4. The van der Waals surface area contributed by atoms with E-state index in [1.807, 2.05) is 0 Å². The maximum atomic E-state index is 9.77. The number of rotatable bonds is 12. The van der Waals surface area contributed by atoms with E-state index in [-0.39, 0.29) is 0 Å². The SMILES string of the molecule is ClP(N(c1ccccc1)c1ccccc1)(N(c1ccccc1)c1ccccc1)(N(c1ccccc1)c1ccccc1)N(c1ccccc1)c1ccccc1. The monoisotopic (exact) mass is 738 g/mol. The van der Waals surface area contributed by atoms with Gasteiger partial charge in [-0.25, -0.2) is 0 Å². The molecule has 0 aliphatic rings. The quantitative estimate of drug-likeness (QED) is 0.116. The summed E-state index contributed by atoms with van der Waals surface area (Å²) in [6.07, 6.45) is 0. The van der Waals surface area contributed by atoms with Crippen molar-refractivity contribution in [1.29, 1.82) is 0 Å². The summed E-state index contributed by atoms with van der Waals surface area (Å²) in [5.74, 6) is 0. The average Bonchev–Trinajstić information content (AvgIpc) is 3.24. The minimum atomic E-state index is -5.01. The zero-order valence-electron chi connectivity index (χ0n) is 29.7. The molecule has 264 valence electrons. The second-order valence-electron chi connectivity index (χ2n) is 12.8. The van der Waals surface area contributed by atoms with E-state index in [1.54, 1.807) is 0 Å². The first-order chi connectivity index (χ1) is 26.7. The van der Waals surface area contributed by atoms with Gasteiger partial charge in [0, 0.05) is 0 Å². The van der Waals surface area contributed by atoms with Crippen molar-refractivity contribution >= 4 is 63.3 Å². The molecule has 4 nitrogen and oxygen atoms in total. The van der Waals surface area contributed by atoms with E-state index in [0.717, 1.165) is 45.5 Å². The molecule has 6 heteroatoms. The summed E-state index contributed by atoms with van der Waals surface area (Å²) in [5.41, 5.74) is 7.35. The van der Waals surface area contributed by atoms with Crippen molar-refractivity contribution in [2.75, 3.05) is 18.7 Å². The molecule has 0 spiro atoms. The molecule has 8 aromatic rings. The van der Waals surface area contributed by atoms with Crippen LogP contribution in [0.2, 0.25) is 0 Å². The van der Waals surface area contributed by atoms with Crippen molar-refractivity contribution in [3.8, 4) is 0 Å². The molecule has 0 saturated heterocycles. The van der Waals surface area contributed by atoms with E-state index in [0.29, 0.717) is 0 Å². The van der Waals surface area contributed by atoms with Crippen molar-refractivity contribution in [2.45, 2.75) is 0 Å². The molecule has 0 amide bonds. The molecule has 8 rings (SSSR count). The summed E-state index contributed by atoms with van der Waals surface area (Å²) in [5, 5.41) is 0. The Morgan fingerprint density at radius 3 is 0.426 bits per heavy atom. The van der Waals surface area contributed by atoms with Crippen LogP contribution in [0.25, 0.3) is 0 Å². The van der Waals surface area contributed by atoms with Crippen LogP contribution in [0.1, 0.15) is 0 Å². The summed E-state index contributed by atoms with van der Waals surface area (Å²) in [7, 11) is 0. The van der Waals surface area contributed by atoms with Crippen molar-refractivity contribution in [3.05, 3.63) is 243 Å². The summed E-state index contributed by atoms with van der Waals surface area (Å²) in [4.78, 5) is 0. The summed E-state index contributed by atoms with van der Waals surface area (Å²) in [6, 6.07) is 84.4. The minimum absolute atomic E-state index is 0.918. The summed E-state index contributed by atoms with van der Waals surface area (Å²) >= 11 is 9.77. The molecule has 0 N–H and O–H groups in total. The van der Waals surface area contributed by atoms with Crippen LogP contribution in [-0.2, 0) is 0 Å². The van der Waals surface area contributed by atoms with Crippen LogP contribution in [0.15, 0.2) is 243 Å². The van der Waals surface area contributed by atoms with E-state index >= 15 is 0 Å². The fraction of sp³-hybridized carbons (Fsp3) is 0. The van der Waals surface area contributed by atoms with Crippen LogP contribution in [0.3, 0.4) is 0 Å². The van der Waals surface area contributed by atoms with Gasteiger partial charge in [0.15, 0.2) is 0 Å². The van der Waals surface area contributed by atoms with Gasteiger partial charge in [-0.1, -0.05) is 0 Å². The van der Waals surface area contributed by atoms with Crippen LogP contribution in [0.5, 0.6) is 0 Å². The normalized spacial score (nSPS) is 11.8. The third kappa shape index (κ3) is 6.16. The van der Waals surface area contributed by atoms with E-state index in [2.05, 4.69) is 261 Å². The maximum absolute atomic E-state index is 9.77. The van der Waals surface area contributed by atoms with Crippen LogP contribution >= 0.6 is 17.8 Å². The molecular formula is C48H40ClN4P. The first-order valence-corrected chi connectivity index (χ1v) is 21.0. The number of halogens is 1. The second-order valence-corrected chi connectivity index (χ2v) is 17.9. The molecule has 8 aromatic carbocycles. The standard InChI is InChI=1S/C48H40ClN4P/c49-54(50(41-25-9-1-10-26-41)42-27-11-2-12-28-42,51(43-29-13-3-14-30-43)44-31-15-4-16-32-44,52(45-33-17-5-18-34-45)46-35-19-6-20-36-46)53(47-37-21-7-22-38-47)48-39-23-8-24-40-48/h1-40H. The van der Waals surface area contributed by atoms with Crippen LogP contribution < -0.4 is 18.7 Å². The van der Waals surface area contributed by atoms with Gasteiger partial charge in [-0.3, -0.25) is 0 Å². The van der Waals surface area contributed by atoms with Gasteiger partial charge in [0.2, 0.25) is 0 Å². The van der Waals surface area contributed by atoms with E-state index < -0.39 is 6.56 Å². The molecule has 0 unspecified atom stereocenters. The molecule has 0 radical (unpaired) electrons. The fourth-order valence-corrected chi connectivity index (χ4v) is 14.7. The van der Waals surface area contributed by atoms with Gasteiger partial charge >= 0.3 is 325 Å². The van der Waals surface area contributed by atoms with Gasteiger partial charge in [0.1, 0.15) is 0 Å². The predicted octanol–water partition coefficient (Wildman–Crippen LogP) is 14.7. The van der Waals surface area contributed by atoms with E-state index in [9.17, 15) is 11.2 Å². The van der Waals surface area contributed by atoms with Gasteiger partial charge in [-0.15, -0.1) is 0 Å². The molecule has 0 saturated carbocycles. The Bertz CT molecular complexity index is 1850. The Hall–Kier alpha value is -6.32. The van der Waals surface area contributed by atoms with Gasteiger partial charge < -0.3 is 0 Å². The van der Waals surface area contributed by atoms with E-state index in [1.165, 1.54) is 0 Å². The van der Waals surface area contributed by atoms with Crippen LogP contribution in [-0.4, -0.2) is 0 Å². The van der Waals surface area contributed by atoms with Gasteiger partial charge in [0.25, 0.3) is 0 Å². The number of benzene rings is 8. The predicted molar refractivity (Wildman–Crippen MR) is 233 cm³/mol. The third-order valence-corrected chi connectivity index (χ3v) is 15.8. The molecular weight excluding hydrogens is 699 g/mol. The molecule has 0 heterocycles. The number of para-hydroxylation sites is 8. The molecule has 0 atom stereocenters. The number of anilines is 8. The van der Waals surface area contributed by atoms with Crippen LogP contribution in [0, 0.1) is 0 Å². The van der Waals surface area contributed by atoms with E-state index in [4.69, 9.17) is 0 Å². The fourth-order valence-electron chi connectivity index (χ4n) is 7.28. The summed E-state index contributed by atoms with van der Waals surface area (Å²) in [6.45, 7) is -5.01. The first-order valence-electron chi connectivity index (χ1n) is 18.0. The molecule has 0 aromatic heterocycles. The zero-order valence-corrected chi connectivity index (χ0v) is 31.4. The number of hydrogen-bond donors (Lipinski definition) is 0. The topological polar surface area (TPSA) is 13.0 Å². The Labute approximate surface area is 323 Å². The molecule has 54 heavy (non-hydrogen) atoms. The Balaban J connectivity index is 1.71. The first kappa shape index (κ1) is 34.7. The van der Waals surface area contributed by atoms with Crippen molar-refractivity contribution < 1.29 is 0 Å². The van der Waals surface area contributed by atoms with Crippen molar-refractivity contribution in [1.82, 2.24) is 0 Å².